The Morgan fingerprint density at radius 2 is 1.78 bits per heavy atom. The highest BCUT2D eigenvalue weighted by atomic mass is 32.2. The van der Waals surface area contributed by atoms with Gasteiger partial charge >= 0.3 is 12.4 Å². The second-order valence-corrected chi connectivity index (χ2v) is 8.95. The molecule has 0 aromatic heterocycles. The fraction of sp³-hybridized carbons (Fsp3) is 0.455. The van der Waals surface area contributed by atoms with E-state index in [9.17, 15) is 31.4 Å². The van der Waals surface area contributed by atoms with E-state index in [0.717, 1.165) is 11.8 Å². The minimum Gasteiger partial charge on any atom is -0.497 e. The Labute approximate surface area is 186 Å². The lowest BCUT2D eigenvalue weighted by atomic mass is 9.86. The molecule has 0 fully saturated rings. The first-order valence-corrected chi connectivity index (χ1v) is 10.8. The largest absolute Gasteiger partial charge is 0.497 e. The van der Waals surface area contributed by atoms with Crippen molar-refractivity contribution >= 4 is 11.8 Å². The number of benzene rings is 2. The summed E-state index contributed by atoms with van der Waals surface area (Å²) in [6.45, 7) is 0. The van der Waals surface area contributed by atoms with Gasteiger partial charge in [-0.15, -0.1) is 11.8 Å². The van der Waals surface area contributed by atoms with Crippen molar-refractivity contribution in [3.63, 3.8) is 0 Å². The summed E-state index contributed by atoms with van der Waals surface area (Å²) in [4.78, 5) is 0.667. The van der Waals surface area contributed by atoms with Crippen LogP contribution in [-0.4, -0.2) is 42.0 Å². The van der Waals surface area contributed by atoms with Crippen molar-refractivity contribution in [2.24, 2.45) is 0 Å². The lowest BCUT2D eigenvalue weighted by Gasteiger charge is -2.39. The molecule has 32 heavy (non-hydrogen) atoms. The molecule has 3 rings (SSSR count). The summed E-state index contributed by atoms with van der Waals surface area (Å²) in [6, 6.07) is 13.1. The van der Waals surface area contributed by atoms with Crippen molar-refractivity contribution in [2.75, 3.05) is 12.9 Å². The molecule has 0 saturated heterocycles. The summed E-state index contributed by atoms with van der Waals surface area (Å²) in [5.74, 6) is 0.341. The van der Waals surface area contributed by atoms with E-state index in [1.165, 1.54) is 7.11 Å². The normalized spacial score (nSPS) is 22.7. The molecule has 2 N–H and O–H groups in total. The Hall–Kier alpha value is -1.91. The van der Waals surface area contributed by atoms with Gasteiger partial charge in [-0.3, -0.25) is 5.32 Å². The second-order valence-electron chi connectivity index (χ2n) is 7.93. The molecule has 0 radical (unpaired) electrons. The zero-order chi connectivity index (χ0) is 23.6. The van der Waals surface area contributed by atoms with Gasteiger partial charge in [-0.2, -0.15) is 26.3 Å². The van der Waals surface area contributed by atoms with Crippen LogP contribution < -0.4 is 10.1 Å². The topological polar surface area (TPSA) is 41.5 Å². The van der Waals surface area contributed by atoms with E-state index in [4.69, 9.17) is 4.74 Å². The molecule has 0 aliphatic carbocycles. The number of halogens is 6. The van der Waals surface area contributed by atoms with E-state index >= 15 is 0 Å². The molecule has 3 unspecified atom stereocenters. The van der Waals surface area contributed by atoms with Gasteiger partial charge < -0.3 is 9.84 Å². The zero-order valence-electron chi connectivity index (χ0n) is 17.1. The Balaban J connectivity index is 2.06. The number of aliphatic hydroxyl groups is 1. The molecular weight excluding hydrogens is 456 g/mol. The molecule has 1 aliphatic rings. The lowest BCUT2D eigenvalue weighted by Crippen LogP contribution is -2.53. The van der Waals surface area contributed by atoms with Gasteiger partial charge in [0, 0.05) is 16.2 Å². The van der Waals surface area contributed by atoms with Crippen LogP contribution >= 0.6 is 11.8 Å². The van der Waals surface area contributed by atoms with Crippen molar-refractivity contribution in [1.29, 1.82) is 0 Å². The first-order valence-electron chi connectivity index (χ1n) is 9.85. The van der Waals surface area contributed by atoms with E-state index in [2.05, 4.69) is 5.32 Å². The number of methoxy groups -OCH3 is 1. The number of alkyl halides is 6. The first kappa shape index (κ1) is 24.7. The van der Waals surface area contributed by atoms with E-state index in [1.54, 1.807) is 48.5 Å². The highest BCUT2D eigenvalue weighted by Gasteiger charge is 2.47. The van der Waals surface area contributed by atoms with Gasteiger partial charge in [-0.05, 0) is 29.7 Å². The quantitative estimate of drug-likeness (QED) is 0.509. The first-order chi connectivity index (χ1) is 14.9. The van der Waals surface area contributed by atoms with Crippen molar-refractivity contribution in [2.45, 2.75) is 54.2 Å². The fourth-order valence-corrected chi connectivity index (χ4v) is 5.31. The maximum atomic E-state index is 13.6. The second kappa shape index (κ2) is 9.52. The number of nitrogens with one attached hydrogen (secondary N) is 1. The van der Waals surface area contributed by atoms with Crippen molar-refractivity contribution in [1.82, 2.24) is 5.32 Å². The summed E-state index contributed by atoms with van der Waals surface area (Å²) in [5.41, 5.74) is -0.463. The predicted molar refractivity (Wildman–Crippen MR) is 110 cm³/mol. The Bertz CT molecular complexity index is 906. The Kier molecular flexibility index (Phi) is 7.36. The van der Waals surface area contributed by atoms with Gasteiger partial charge in [0.05, 0.1) is 32.1 Å². The van der Waals surface area contributed by atoms with E-state index in [-0.39, 0.29) is 5.75 Å². The van der Waals surface area contributed by atoms with Crippen molar-refractivity contribution < 1.29 is 36.2 Å². The van der Waals surface area contributed by atoms with Gasteiger partial charge in [0.2, 0.25) is 0 Å². The number of fused-ring (bicyclic) bond motifs is 1. The molecule has 3 atom stereocenters. The van der Waals surface area contributed by atoms with Gasteiger partial charge in [0.1, 0.15) is 5.75 Å². The SMILES string of the molecule is COc1ccc2c(c1)SCC(CC(O)CC(F)(F)F)(CC(F)(F)F)NC2c1ccccc1. The highest BCUT2D eigenvalue weighted by Crippen LogP contribution is 2.45. The van der Waals surface area contributed by atoms with Crippen LogP contribution in [0.5, 0.6) is 5.75 Å². The monoisotopic (exact) mass is 479 g/mol. The average molecular weight is 479 g/mol. The number of ether oxygens (including phenoxy) is 1. The van der Waals surface area contributed by atoms with Gasteiger partial charge in [-0.25, -0.2) is 0 Å². The number of thioether (sulfide) groups is 1. The maximum Gasteiger partial charge on any atom is 0.391 e. The summed E-state index contributed by atoms with van der Waals surface area (Å²) >= 11 is 1.11. The molecule has 0 spiro atoms. The van der Waals surface area contributed by atoms with E-state index < -0.39 is 49.3 Å². The highest BCUT2D eigenvalue weighted by molar-refractivity contribution is 7.99. The minimum atomic E-state index is -4.69. The number of aliphatic hydroxyl groups excluding tert-OH is 1. The molecular formula is C22H23F6NO2S. The van der Waals surface area contributed by atoms with E-state index in [0.29, 0.717) is 21.8 Å². The van der Waals surface area contributed by atoms with Crippen LogP contribution in [0.3, 0.4) is 0 Å². The molecule has 1 heterocycles. The van der Waals surface area contributed by atoms with Crippen LogP contribution in [0.2, 0.25) is 0 Å². The maximum absolute atomic E-state index is 13.6. The predicted octanol–water partition coefficient (Wildman–Crippen LogP) is 5.87. The fourth-order valence-electron chi connectivity index (χ4n) is 4.02. The van der Waals surface area contributed by atoms with Gasteiger partial charge in [-0.1, -0.05) is 36.4 Å². The summed E-state index contributed by atoms with van der Waals surface area (Å²) in [7, 11) is 1.47. The number of hydrogen-bond acceptors (Lipinski definition) is 4. The summed E-state index contributed by atoms with van der Waals surface area (Å²) in [6.07, 6.45) is -15.0. The number of hydrogen-bond donors (Lipinski definition) is 2. The molecule has 3 nitrogen and oxygen atoms in total. The standard InChI is InChI=1S/C22H23F6NO2S/c1-31-16-7-8-17-18(9-16)32-13-20(12-22(26,27)28,10-15(30)11-21(23,24)25)29-19(17)14-5-3-2-4-6-14/h2-9,15,19,29-30H,10-13H2,1H3. The molecule has 2 aromatic carbocycles. The molecule has 176 valence electrons. The van der Waals surface area contributed by atoms with E-state index in [1.807, 2.05) is 0 Å². The third kappa shape index (κ3) is 6.55. The lowest BCUT2D eigenvalue weighted by molar-refractivity contribution is -0.164. The minimum absolute atomic E-state index is 0.176. The van der Waals surface area contributed by atoms with Gasteiger partial charge in [0.25, 0.3) is 0 Å². The van der Waals surface area contributed by atoms with Crippen molar-refractivity contribution in [3.05, 3.63) is 59.7 Å². The van der Waals surface area contributed by atoms with Crippen LogP contribution in [0.15, 0.2) is 53.4 Å². The summed E-state index contributed by atoms with van der Waals surface area (Å²) < 4.78 is 84.5. The number of rotatable bonds is 6. The molecule has 1 aliphatic heterocycles. The molecule has 10 heteroatoms. The average Bonchev–Trinajstić information content (AvgIpc) is 2.83. The third-order valence-electron chi connectivity index (χ3n) is 5.25. The van der Waals surface area contributed by atoms with Crippen molar-refractivity contribution in [3.8, 4) is 5.75 Å². The molecule has 0 saturated carbocycles. The Morgan fingerprint density at radius 1 is 1.09 bits per heavy atom. The molecule has 2 aromatic rings. The molecule has 0 amide bonds. The molecule has 0 bridgehead atoms. The summed E-state index contributed by atoms with van der Waals surface area (Å²) in [5, 5.41) is 13.1. The van der Waals surface area contributed by atoms with Crippen LogP contribution in [-0.2, 0) is 0 Å². The van der Waals surface area contributed by atoms with Crippen LogP contribution in [0, 0.1) is 0 Å². The van der Waals surface area contributed by atoms with Crippen LogP contribution in [0.1, 0.15) is 36.4 Å². The zero-order valence-corrected chi connectivity index (χ0v) is 17.9. The Morgan fingerprint density at radius 3 is 2.38 bits per heavy atom. The third-order valence-corrected chi connectivity index (χ3v) is 6.61. The van der Waals surface area contributed by atoms with Crippen LogP contribution in [0.4, 0.5) is 26.3 Å². The smallest absolute Gasteiger partial charge is 0.391 e. The van der Waals surface area contributed by atoms with Gasteiger partial charge in [0.15, 0.2) is 0 Å². The van der Waals surface area contributed by atoms with Crippen LogP contribution in [0.25, 0.3) is 0 Å².